The Balaban J connectivity index is 1.88. The molecule has 0 heterocycles. The van der Waals surface area contributed by atoms with Gasteiger partial charge in [-0.2, -0.15) is 0 Å². The molecule has 1 aliphatic carbocycles. The van der Waals surface area contributed by atoms with Gasteiger partial charge in [-0.15, -0.1) is 0 Å². The molecule has 1 atom stereocenters. The summed E-state index contributed by atoms with van der Waals surface area (Å²) in [7, 11) is 0. The van der Waals surface area contributed by atoms with Crippen molar-refractivity contribution < 1.29 is 4.39 Å². The first kappa shape index (κ1) is 14.2. The fourth-order valence-corrected chi connectivity index (χ4v) is 3.02. The molecule has 2 aromatic rings. The largest absolute Gasteiger partial charge is 0.271 e. The van der Waals surface area contributed by atoms with E-state index in [1.165, 1.54) is 37.0 Å². The van der Waals surface area contributed by atoms with Gasteiger partial charge in [0.15, 0.2) is 0 Å². The summed E-state index contributed by atoms with van der Waals surface area (Å²) in [5.74, 6) is 6.20. The van der Waals surface area contributed by atoms with Crippen molar-refractivity contribution in [3.8, 4) is 0 Å². The minimum absolute atomic E-state index is 0.185. The highest BCUT2D eigenvalue weighted by Crippen LogP contribution is 2.36. The van der Waals surface area contributed by atoms with Crippen LogP contribution in [0.1, 0.15) is 53.5 Å². The lowest BCUT2D eigenvalue weighted by Crippen LogP contribution is -2.29. The molecule has 3 heteroatoms. The van der Waals surface area contributed by atoms with Gasteiger partial charge in [0.25, 0.3) is 0 Å². The third-order valence-electron chi connectivity index (χ3n) is 4.41. The summed E-state index contributed by atoms with van der Waals surface area (Å²) in [5, 5.41) is 0. The van der Waals surface area contributed by atoms with Crippen molar-refractivity contribution >= 4 is 0 Å². The van der Waals surface area contributed by atoms with Gasteiger partial charge in [0.05, 0.1) is 6.04 Å². The first-order valence-corrected chi connectivity index (χ1v) is 7.50. The zero-order valence-electron chi connectivity index (χ0n) is 12.3. The molecule has 0 radical (unpaired) electrons. The molecule has 0 spiro atoms. The smallest absolute Gasteiger partial charge is 0.123 e. The highest BCUT2D eigenvalue weighted by atomic mass is 19.1. The molecule has 2 aromatic carbocycles. The molecule has 1 unspecified atom stereocenters. The Bertz CT molecular complexity index is 597. The van der Waals surface area contributed by atoms with E-state index < -0.39 is 0 Å². The van der Waals surface area contributed by atoms with Crippen molar-refractivity contribution in [3.05, 3.63) is 70.5 Å². The molecule has 0 aliphatic heterocycles. The van der Waals surface area contributed by atoms with Crippen LogP contribution in [0.15, 0.2) is 42.5 Å². The molecule has 1 saturated carbocycles. The lowest BCUT2D eigenvalue weighted by molar-refractivity contribution is 0.419. The lowest BCUT2D eigenvalue weighted by Gasteiger charge is -2.26. The quantitative estimate of drug-likeness (QED) is 0.659. The summed E-state index contributed by atoms with van der Waals surface area (Å²) in [6, 6.07) is 13.4. The van der Waals surface area contributed by atoms with Gasteiger partial charge < -0.3 is 0 Å². The highest BCUT2D eigenvalue weighted by molar-refractivity contribution is 5.36. The highest BCUT2D eigenvalue weighted by Gasteiger charge is 2.20. The Labute approximate surface area is 125 Å². The fraction of sp³-hybridized carbons (Fsp3) is 0.333. The topological polar surface area (TPSA) is 38.0 Å². The molecule has 2 nitrogen and oxygen atoms in total. The van der Waals surface area contributed by atoms with Crippen molar-refractivity contribution in [1.82, 2.24) is 5.43 Å². The van der Waals surface area contributed by atoms with Gasteiger partial charge >= 0.3 is 0 Å². The predicted octanol–water partition coefficient (Wildman–Crippen LogP) is 3.95. The van der Waals surface area contributed by atoms with Gasteiger partial charge in [0.2, 0.25) is 0 Å². The Morgan fingerprint density at radius 3 is 2.33 bits per heavy atom. The second-order valence-corrected chi connectivity index (χ2v) is 5.96. The average molecular weight is 284 g/mol. The van der Waals surface area contributed by atoms with Crippen LogP contribution in [0, 0.1) is 12.7 Å². The lowest BCUT2D eigenvalue weighted by atomic mass is 9.79. The number of hydrogen-bond acceptors (Lipinski definition) is 2. The summed E-state index contributed by atoms with van der Waals surface area (Å²) in [6.45, 7) is 1.89. The van der Waals surface area contributed by atoms with Gasteiger partial charge in [-0.05, 0) is 60.1 Å². The third-order valence-corrected chi connectivity index (χ3v) is 4.41. The molecule has 110 valence electrons. The molecular formula is C18H21FN2. The molecule has 1 aliphatic rings. The zero-order chi connectivity index (χ0) is 14.8. The summed E-state index contributed by atoms with van der Waals surface area (Å²) in [5.41, 5.74) is 7.01. The number of benzene rings is 2. The molecule has 0 saturated heterocycles. The normalized spacial score (nSPS) is 16.5. The number of hydrazine groups is 1. The van der Waals surface area contributed by atoms with Crippen LogP contribution in [0.3, 0.4) is 0 Å². The summed E-state index contributed by atoms with van der Waals surface area (Å²) in [6.07, 6.45) is 3.92. The maximum atomic E-state index is 13.6. The van der Waals surface area contributed by atoms with E-state index in [4.69, 9.17) is 5.84 Å². The first-order valence-electron chi connectivity index (χ1n) is 7.50. The summed E-state index contributed by atoms with van der Waals surface area (Å²) >= 11 is 0. The van der Waals surface area contributed by atoms with Gasteiger partial charge in [0.1, 0.15) is 5.82 Å². The molecular weight excluding hydrogens is 263 g/mol. The van der Waals surface area contributed by atoms with Crippen molar-refractivity contribution in [2.45, 2.75) is 38.1 Å². The van der Waals surface area contributed by atoms with E-state index in [9.17, 15) is 4.39 Å². The number of nitrogens with two attached hydrogens (primary N) is 1. The van der Waals surface area contributed by atoms with Gasteiger partial charge in [-0.1, -0.05) is 36.8 Å². The van der Waals surface area contributed by atoms with Crippen LogP contribution in [0.2, 0.25) is 0 Å². The van der Waals surface area contributed by atoms with Crippen molar-refractivity contribution in [2.24, 2.45) is 5.84 Å². The van der Waals surface area contributed by atoms with Crippen molar-refractivity contribution in [2.75, 3.05) is 0 Å². The Morgan fingerprint density at radius 2 is 1.81 bits per heavy atom. The summed E-state index contributed by atoms with van der Waals surface area (Å²) in [4.78, 5) is 0. The van der Waals surface area contributed by atoms with Crippen LogP contribution < -0.4 is 11.3 Å². The van der Waals surface area contributed by atoms with E-state index >= 15 is 0 Å². The van der Waals surface area contributed by atoms with Crippen LogP contribution in [0.4, 0.5) is 4.39 Å². The maximum absolute atomic E-state index is 13.6. The molecule has 0 bridgehead atoms. The molecule has 21 heavy (non-hydrogen) atoms. The minimum atomic E-state index is -0.226. The van der Waals surface area contributed by atoms with Crippen molar-refractivity contribution in [1.29, 1.82) is 0 Å². The SMILES string of the molecule is Cc1cc(F)cc(C(NN)c2ccc(C3CCC3)cc2)c1. The first-order chi connectivity index (χ1) is 10.2. The third kappa shape index (κ3) is 2.99. The minimum Gasteiger partial charge on any atom is -0.271 e. The van der Waals surface area contributed by atoms with Gasteiger partial charge in [-0.25, -0.2) is 9.82 Å². The Morgan fingerprint density at radius 1 is 1.10 bits per heavy atom. The maximum Gasteiger partial charge on any atom is 0.123 e. The molecule has 0 amide bonds. The van der Waals surface area contributed by atoms with E-state index in [1.807, 2.05) is 13.0 Å². The standard InChI is InChI=1S/C18H21FN2/c1-12-9-16(11-17(19)10-12)18(21-20)15-7-5-14(6-8-15)13-3-2-4-13/h5-11,13,18,21H,2-4,20H2,1H3. The molecule has 3 rings (SSSR count). The van der Waals surface area contributed by atoms with Crippen LogP contribution in [-0.4, -0.2) is 0 Å². The predicted molar refractivity (Wildman–Crippen MR) is 83.3 cm³/mol. The van der Waals surface area contributed by atoms with Crippen LogP contribution >= 0.6 is 0 Å². The Kier molecular flexibility index (Phi) is 4.04. The number of aryl methyl sites for hydroxylation is 1. The number of hydrogen-bond donors (Lipinski definition) is 2. The molecule has 1 fully saturated rings. The average Bonchev–Trinajstić information content (AvgIpc) is 2.38. The number of nitrogens with one attached hydrogen (secondary N) is 1. The van der Waals surface area contributed by atoms with Crippen LogP contribution in [0.5, 0.6) is 0 Å². The van der Waals surface area contributed by atoms with E-state index in [2.05, 4.69) is 29.7 Å². The van der Waals surface area contributed by atoms with Crippen molar-refractivity contribution in [3.63, 3.8) is 0 Å². The summed E-state index contributed by atoms with van der Waals surface area (Å²) < 4.78 is 13.6. The zero-order valence-corrected chi connectivity index (χ0v) is 12.3. The van der Waals surface area contributed by atoms with Gasteiger partial charge in [0, 0.05) is 0 Å². The molecule has 3 N–H and O–H groups in total. The fourth-order valence-electron chi connectivity index (χ4n) is 3.02. The van der Waals surface area contributed by atoms with E-state index in [0.29, 0.717) is 0 Å². The Hall–Kier alpha value is -1.71. The molecule has 0 aromatic heterocycles. The second-order valence-electron chi connectivity index (χ2n) is 5.96. The van der Waals surface area contributed by atoms with Crippen LogP contribution in [0.25, 0.3) is 0 Å². The monoisotopic (exact) mass is 284 g/mol. The number of halogens is 1. The second kappa shape index (κ2) is 5.96. The van der Waals surface area contributed by atoms with E-state index in [1.54, 1.807) is 0 Å². The van der Waals surface area contributed by atoms with Crippen LogP contribution in [-0.2, 0) is 0 Å². The van der Waals surface area contributed by atoms with E-state index in [0.717, 1.165) is 22.6 Å². The number of rotatable bonds is 4. The van der Waals surface area contributed by atoms with E-state index in [-0.39, 0.29) is 11.9 Å². The van der Waals surface area contributed by atoms with Gasteiger partial charge in [-0.3, -0.25) is 5.84 Å².